The standard InChI is InChI=1S/C26H36N4O4S2/c1-18(2)36-17-23(31)28-15-24(32)30-11-8-20(9-12-30)25-22(7-6-19(3)29-25)26(33)27-10-14-35-16-21-5-4-13-34-21/h4-7,13,18,20H,8-12,14-17H2,1-3H3,(H,27,33)(H,28,31). The van der Waals surface area contributed by atoms with Crippen LogP contribution in [0.1, 0.15) is 60.1 Å². The zero-order valence-electron chi connectivity index (χ0n) is 21.2. The molecule has 0 bridgehead atoms. The van der Waals surface area contributed by atoms with Gasteiger partial charge in [0.1, 0.15) is 5.76 Å². The van der Waals surface area contributed by atoms with Crippen molar-refractivity contribution in [2.24, 2.45) is 0 Å². The van der Waals surface area contributed by atoms with Gasteiger partial charge in [0, 0.05) is 37.0 Å². The highest BCUT2D eigenvalue weighted by Gasteiger charge is 2.28. The van der Waals surface area contributed by atoms with E-state index >= 15 is 0 Å². The zero-order valence-corrected chi connectivity index (χ0v) is 22.9. The molecule has 0 aliphatic carbocycles. The van der Waals surface area contributed by atoms with E-state index in [1.54, 1.807) is 34.7 Å². The largest absolute Gasteiger partial charge is 0.468 e. The van der Waals surface area contributed by atoms with Gasteiger partial charge in [-0.25, -0.2) is 0 Å². The molecule has 1 aliphatic heterocycles. The number of aryl methyl sites for hydroxylation is 1. The molecular formula is C26H36N4O4S2. The van der Waals surface area contributed by atoms with Gasteiger partial charge in [-0.15, -0.1) is 11.8 Å². The summed E-state index contributed by atoms with van der Waals surface area (Å²) in [5.41, 5.74) is 2.29. The third-order valence-electron chi connectivity index (χ3n) is 5.88. The van der Waals surface area contributed by atoms with Crippen molar-refractivity contribution in [2.75, 3.05) is 37.7 Å². The lowest BCUT2D eigenvalue weighted by molar-refractivity contribution is -0.133. The van der Waals surface area contributed by atoms with Gasteiger partial charge in [0.15, 0.2) is 0 Å². The Hall–Kier alpha value is -2.46. The second-order valence-electron chi connectivity index (χ2n) is 9.06. The predicted octanol–water partition coefficient (Wildman–Crippen LogP) is 3.61. The van der Waals surface area contributed by atoms with Crippen molar-refractivity contribution in [1.29, 1.82) is 0 Å². The van der Waals surface area contributed by atoms with E-state index in [1.165, 1.54) is 0 Å². The van der Waals surface area contributed by atoms with Crippen LogP contribution >= 0.6 is 23.5 Å². The number of hydrogen-bond acceptors (Lipinski definition) is 7. The smallest absolute Gasteiger partial charge is 0.253 e. The van der Waals surface area contributed by atoms with Gasteiger partial charge in [0.2, 0.25) is 11.8 Å². The molecule has 36 heavy (non-hydrogen) atoms. The summed E-state index contributed by atoms with van der Waals surface area (Å²) in [6.07, 6.45) is 3.13. The van der Waals surface area contributed by atoms with E-state index in [-0.39, 0.29) is 30.2 Å². The summed E-state index contributed by atoms with van der Waals surface area (Å²) >= 11 is 3.26. The minimum Gasteiger partial charge on any atom is -0.468 e. The number of carbonyl (C=O) groups excluding carboxylic acids is 3. The van der Waals surface area contributed by atoms with Gasteiger partial charge < -0.3 is 20.0 Å². The van der Waals surface area contributed by atoms with E-state index in [0.717, 1.165) is 41.5 Å². The molecule has 1 fully saturated rings. The Morgan fingerprint density at radius 3 is 2.64 bits per heavy atom. The summed E-state index contributed by atoms with van der Waals surface area (Å²) < 4.78 is 5.33. The van der Waals surface area contributed by atoms with Crippen molar-refractivity contribution in [1.82, 2.24) is 20.5 Å². The summed E-state index contributed by atoms with van der Waals surface area (Å²) in [5, 5.41) is 6.11. The Labute approximate surface area is 221 Å². The van der Waals surface area contributed by atoms with E-state index < -0.39 is 0 Å². The molecule has 0 aromatic carbocycles. The fourth-order valence-electron chi connectivity index (χ4n) is 3.96. The van der Waals surface area contributed by atoms with Gasteiger partial charge in [-0.2, -0.15) is 11.8 Å². The number of amides is 3. The number of likely N-dealkylation sites (tertiary alicyclic amines) is 1. The molecule has 10 heteroatoms. The fourth-order valence-corrected chi connectivity index (χ4v) is 5.30. The van der Waals surface area contributed by atoms with Gasteiger partial charge in [-0.05, 0) is 49.3 Å². The van der Waals surface area contributed by atoms with E-state index in [2.05, 4.69) is 10.6 Å². The topological polar surface area (TPSA) is 105 Å². The number of furan rings is 1. The lowest BCUT2D eigenvalue weighted by atomic mass is 9.89. The van der Waals surface area contributed by atoms with Crippen molar-refractivity contribution in [3.8, 4) is 0 Å². The van der Waals surface area contributed by atoms with Crippen LogP contribution in [-0.2, 0) is 15.3 Å². The van der Waals surface area contributed by atoms with Gasteiger partial charge in [0.25, 0.3) is 5.91 Å². The third kappa shape index (κ3) is 8.89. The lowest BCUT2D eigenvalue weighted by Crippen LogP contribution is -2.44. The minimum absolute atomic E-state index is 0.0242. The van der Waals surface area contributed by atoms with Crippen molar-refractivity contribution >= 4 is 41.2 Å². The molecule has 0 atom stereocenters. The predicted molar refractivity (Wildman–Crippen MR) is 145 cm³/mol. The summed E-state index contributed by atoms with van der Waals surface area (Å²) in [6.45, 7) is 7.75. The van der Waals surface area contributed by atoms with Gasteiger partial charge in [0.05, 0.1) is 35.6 Å². The van der Waals surface area contributed by atoms with Gasteiger partial charge in [-0.1, -0.05) is 13.8 Å². The van der Waals surface area contributed by atoms with E-state index in [4.69, 9.17) is 9.40 Å². The van der Waals surface area contributed by atoms with Crippen LogP contribution in [0.3, 0.4) is 0 Å². The lowest BCUT2D eigenvalue weighted by Gasteiger charge is -2.32. The normalized spacial score (nSPS) is 14.2. The first-order valence-electron chi connectivity index (χ1n) is 12.4. The Balaban J connectivity index is 1.47. The summed E-state index contributed by atoms with van der Waals surface area (Å²) in [5.74, 6) is 2.66. The van der Waals surface area contributed by atoms with Gasteiger partial charge >= 0.3 is 0 Å². The molecule has 1 aliphatic rings. The number of pyridine rings is 1. The molecule has 1 saturated heterocycles. The first-order valence-corrected chi connectivity index (χ1v) is 14.6. The average Bonchev–Trinajstić information content (AvgIpc) is 3.39. The molecule has 0 unspecified atom stereocenters. The van der Waals surface area contributed by atoms with Crippen LogP contribution in [0.4, 0.5) is 0 Å². The highest BCUT2D eigenvalue weighted by atomic mass is 32.2. The number of carbonyl (C=O) groups is 3. The third-order valence-corrected chi connectivity index (χ3v) is 7.96. The maximum absolute atomic E-state index is 12.9. The van der Waals surface area contributed by atoms with Crippen LogP contribution in [0.5, 0.6) is 0 Å². The van der Waals surface area contributed by atoms with Crippen molar-refractivity contribution in [3.05, 3.63) is 53.2 Å². The molecule has 3 amide bonds. The monoisotopic (exact) mass is 532 g/mol. The van der Waals surface area contributed by atoms with Crippen LogP contribution in [0.15, 0.2) is 34.9 Å². The fraction of sp³-hybridized carbons (Fsp3) is 0.538. The highest BCUT2D eigenvalue weighted by Crippen LogP contribution is 2.29. The number of rotatable bonds is 12. The van der Waals surface area contributed by atoms with E-state index in [9.17, 15) is 14.4 Å². The average molecular weight is 533 g/mol. The summed E-state index contributed by atoms with van der Waals surface area (Å²) in [4.78, 5) is 43.9. The number of aromatic nitrogens is 1. The number of nitrogens with zero attached hydrogens (tertiary/aromatic N) is 2. The quantitative estimate of drug-likeness (QED) is 0.403. The van der Waals surface area contributed by atoms with E-state index in [0.29, 0.717) is 36.2 Å². The SMILES string of the molecule is Cc1ccc(C(=O)NCCSCc2ccco2)c(C2CCN(C(=O)CNC(=O)CSC(C)C)CC2)n1. The first kappa shape index (κ1) is 28.1. The molecule has 0 radical (unpaired) electrons. The zero-order chi connectivity index (χ0) is 25.9. The number of thioether (sulfide) groups is 2. The molecule has 0 saturated carbocycles. The first-order chi connectivity index (χ1) is 17.3. The van der Waals surface area contributed by atoms with Gasteiger partial charge in [-0.3, -0.25) is 19.4 Å². The maximum Gasteiger partial charge on any atom is 0.253 e. The van der Waals surface area contributed by atoms with Crippen molar-refractivity contribution in [2.45, 2.75) is 50.5 Å². The van der Waals surface area contributed by atoms with Crippen LogP contribution in [-0.4, -0.2) is 70.5 Å². The molecule has 0 spiro atoms. The second-order valence-corrected chi connectivity index (χ2v) is 11.7. The molecule has 196 valence electrons. The number of hydrogen-bond donors (Lipinski definition) is 2. The minimum atomic E-state index is -0.115. The Morgan fingerprint density at radius 2 is 1.94 bits per heavy atom. The number of nitrogens with one attached hydrogen (secondary N) is 2. The second kappa shape index (κ2) is 14.3. The Bertz CT molecular complexity index is 1010. The Kier molecular flexibility index (Phi) is 11.2. The molecular weight excluding hydrogens is 496 g/mol. The molecule has 3 heterocycles. The van der Waals surface area contributed by atoms with Crippen molar-refractivity contribution in [3.63, 3.8) is 0 Å². The number of piperidine rings is 1. The molecule has 2 aromatic heterocycles. The summed E-state index contributed by atoms with van der Waals surface area (Å²) in [6, 6.07) is 7.53. The molecule has 8 nitrogen and oxygen atoms in total. The van der Waals surface area contributed by atoms with Crippen LogP contribution in [0.2, 0.25) is 0 Å². The molecule has 2 N–H and O–H groups in total. The van der Waals surface area contributed by atoms with Crippen LogP contribution in [0.25, 0.3) is 0 Å². The van der Waals surface area contributed by atoms with Crippen molar-refractivity contribution < 1.29 is 18.8 Å². The molecule has 3 rings (SSSR count). The van der Waals surface area contributed by atoms with E-state index in [1.807, 2.05) is 45.0 Å². The maximum atomic E-state index is 12.9. The van der Waals surface area contributed by atoms with Crippen LogP contribution in [0, 0.1) is 6.92 Å². The van der Waals surface area contributed by atoms with Crippen LogP contribution < -0.4 is 10.6 Å². The molecule has 2 aromatic rings. The highest BCUT2D eigenvalue weighted by molar-refractivity contribution is 8.00. The Morgan fingerprint density at radius 1 is 1.17 bits per heavy atom. The summed E-state index contributed by atoms with van der Waals surface area (Å²) in [7, 11) is 0.